The Morgan fingerprint density at radius 3 is 2.19 bits per heavy atom. The predicted octanol–water partition coefficient (Wildman–Crippen LogP) is 1.18. The summed E-state index contributed by atoms with van der Waals surface area (Å²) in [6, 6.07) is 0.0535. The van der Waals surface area contributed by atoms with Crippen molar-refractivity contribution in [1.82, 2.24) is 14.7 Å². The van der Waals surface area contributed by atoms with Gasteiger partial charge in [-0.2, -0.15) is 0 Å². The lowest BCUT2D eigenvalue weighted by molar-refractivity contribution is -0.143. The lowest BCUT2D eigenvalue weighted by Gasteiger charge is -2.36. The van der Waals surface area contributed by atoms with E-state index in [0.29, 0.717) is 31.8 Å². The van der Waals surface area contributed by atoms with Crippen LogP contribution in [0, 0.1) is 11.8 Å². The first kappa shape index (κ1) is 16.1. The highest BCUT2D eigenvalue weighted by molar-refractivity contribution is 5.75. The van der Waals surface area contributed by atoms with Gasteiger partial charge >= 0.3 is 12.0 Å². The van der Waals surface area contributed by atoms with Gasteiger partial charge in [0.2, 0.25) is 0 Å². The van der Waals surface area contributed by atoms with E-state index in [0.717, 1.165) is 32.5 Å². The zero-order valence-corrected chi connectivity index (χ0v) is 13.1. The summed E-state index contributed by atoms with van der Waals surface area (Å²) in [5.74, 6) is -0.429. The number of piperidine rings is 2. The van der Waals surface area contributed by atoms with Crippen LogP contribution >= 0.6 is 0 Å². The normalized spacial score (nSPS) is 22.3. The molecule has 2 aliphatic heterocycles. The molecule has 2 amide bonds. The Morgan fingerprint density at radius 1 is 1.10 bits per heavy atom. The molecule has 0 atom stereocenters. The van der Waals surface area contributed by atoms with Crippen LogP contribution in [0.15, 0.2) is 0 Å². The minimum atomic E-state index is -0.734. The van der Waals surface area contributed by atoms with Gasteiger partial charge < -0.3 is 19.8 Å². The molecule has 0 aromatic carbocycles. The van der Waals surface area contributed by atoms with Crippen LogP contribution in [0.5, 0.6) is 0 Å². The van der Waals surface area contributed by atoms with Crippen molar-refractivity contribution >= 4 is 12.0 Å². The van der Waals surface area contributed by atoms with Crippen molar-refractivity contribution in [3.8, 4) is 0 Å². The minimum absolute atomic E-state index is 0.0535. The number of urea groups is 1. The summed E-state index contributed by atoms with van der Waals surface area (Å²) in [6.07, 6.45) is 3.44. The molecular formula is C15H27N3O3. The Hall–Kier alpha value is -1.30. The van der Waals surface area contributed by atoms with Gasteiger partial charge in [-0.25, -0.2) is 4.79 Å². The summed E-state index contributed by atoms with van der Waals surface area (Å²) in [5, 5.41) is 8.99. The zero-order valence-electron chi connectivity index (χ0n) is 13.1. The third-order valence-electron chi connectivity index (χ3n) is 4.81. The van der Waals surface area contributed by atoms with Crippen molar-refractivity contribution < 1.29 is 14.7 Å². The first-order valence-electron chi connectivity index (χ1n) is 7.88. The molecule has 2 fully saturated rings. The molecule has 2 aliphatic rings. The Balaban J connectivity index is 1.76. The van der Waals surface area contributed by atoms with Crippen LogP contribution in [-0.4, -0.2) is 78.6 Å². The van der Waals surface area contributed by atoms with E-state index in [9.17, 15) is 9.59 Å². The van der Waals surface area contributed by atoms with Crippen molar-refractivity contribution in [2.45, 2.75) is 25.7 Å². The minimum Gasteiger partial charge on any atom is -0.481 e. The number of likely N-dealkylation sites (tertiary alicyclic amines) is 2. The van der Waals surface area contributed by atoms with Gasteiger partial charge in [0.25, 0.3) is 0 Å². The second-order valence-corrected chi connectivity index (χ2v) is 6.51. The molecule has 120 valence electrons. The second-order valence-electron chi connectivity index (χ2n) is 6.51. The van der Waals surface area contributed by atoms with E-state index < -0.39 is 5.97 Å². The number of hydrogen-bond acceptors (Lipinski definition) is 3. The maximum absolute atomic E-state index is 12.4. The lowest BCUT2D eigenvalue weighted by atomic mass is 9.96. The summed E-state index contributed by atoms with van der Waals surface area (Å²) in [5.41, 5.74) is 0. The first-order valence-corrected chi connectivity index (χ1v) is 7.88. The van der Waals surface area contributed by atoms with Gasteiger partial charge in [-0.15, -0.1) is 0 Å². The topological polar surface area (TPSA) is 64.1 Å². The van der Waals surface area contributed by atoms with Crippen molar-refractivity contribution in [2.24, 2.45) is 11.8 Å². The number of amides is 2. The standard InChI is InChI=1S/C15H27N3O3/c1-16-7-3-12(4-8-16)11-17(2)15(21)18-9-5-13(6-10-18)14(19)20/h12-13H,3-11H2,1-2H3,(H,19,20). The molecule has 0 unspecified atom stereocenters. The quantitative estimate of drug-likeness (QED) is 0.849. The lowest BCUT2D eigenvalue weighted by Crippen LogP contribution is -2.48. The molecule has 2 saturated heterocycles. The third-order valence-corrected chi connectivity index (χ3v) is 4.81. The van der Waals surface area contributed by atoms with Crippen LogP contribution in [0.4, 0.5) is 4.79 Å². The Morgan fingerprint density at radius 2 is 1.67 bits per heavy atom. The highest BCUT2D eigenvalue weighted by atomic mass is 16.4. The molecule has 1 N–H and O–H groups in total. The number of nitrogens with zero attached hydrogens (tertiary/aromatic N) is 3. The number of rotatable bonds is 3. The van der Waals surface area contributed by atoms with E-state index in [2.05, 4.69) is 11.9 Å². The monoisotopic (exact) mass is 297 g/mol. The maximum atomic E-state index is 12.4. The van der Waals surface area contributed by atoms with E-state index in [-0.39, 0.29) is 11.9 Å². The van der Waals surface area contributed by atoms with Crippen LogP contribution < -0.4 is 0 Å². The molecule has 6 heteroatoms. The average molecular weight is 297 g/mol. The molecule has 0 saturated carbocycles. The van der Waals surface area contributed by atoms with E-state index in [1.165, 1.54) is 0 Å². The van der Waals surface area contributed by atoms with Gasteiger partial charge in [0.15, 0.2) is 0 Å². The van der Waals surface area contributed by atoms with Gasteiger partial charge in [0.05, 0.1) is 5.92 Å². The Labute approximate surface area is 126 Å². The number of carbonyl (C=O) groups is 2. The highest BCUT2D eigenvalue weighted by Gasteiger charge is 2.29. The van der Waals surface area contributed by atoms with E-state index >= 15 is 0 Å². The molecule has 2 heterocycles. The van der Waals surface area contributed by atoms with Crippen LogP contribution in [0.1, 0.15) is 25.7 Å². The molecule has 0 bridgehead atoms. The Kier molecular flexibility index (Phi) is 5.45. The van der Waals surface area contributed by atoms with Crippen LogP contribution in [0.3, 0.4) is 0 Å². The fraction of sp³-hybridized carbons (Fsp3) is 0.867. The van der Waals surface area contributed by atoms with Gasteiger partial charge in [-0.3, -0.25) is 4.79 Å². The summed E-state index contributed by atoms with van der Waals surface area (Å²) < 4.78 is 0. The predicted molar refractivity (Wildman–Crippen MR) is 80.2 cm³/mol. The zero-order chi connectivity index (χ0) is 15.4. The smallest absolute Gasteiger partial charge is 0.319 e. The van der Waals surface area contributed by atoms with Crippen LogP contribution in [-0.2, 0) is 4.79 Å². The molecule has 0 aliphatic carbocycles. The molecule has 0 spiro atoms. The van der Waals surface area contributed by atoms with Gasteiger partial charge in [0, 0.05) is 26.7 Å². The summed E-state index contributed by atoms with van der Waals surface area (Å²) in [7, 11) is 4.00. The van der Waals surface area contributed by atoms with Gasteiger partial charge in [0.1, 0.15) is 0 Å². The van der Waals surface area contributed by atoms with Crippen molar-refractivity contribution in [2.75, 3.05) is 46.8 Å². The van der Waals surface area contributed by atoms with Crippen molar-refractivity contribution in [1.29, 1.82) is 0 Å². The first-order chi connectivity index (χ1) is 9.97. The molecule has 0 aromatic rings. The number of carbonyl (C=O) groups excluding carboxylic acids is 1. The number of carboxylic acids is 1. The van der Waals surface area contributed by atoms with E-state index in [1.54, 1.807) is 4.90 Å². The largest absolute Gasteiger partial charge is 0.481 e. The van der Waals surface area contributed by atoms with Crippen molar-refractivity contribution in [3.63, 3.8) is 0 Å². The second kappa shape index (κ2) is 7.11. The average Bonchev–Trinajstić information content (AvgIpc) is 2.49. The number of carboxylic acid groups (broad SMARTS) is 1. The van der Waals surface area contributed by atoms with E-state index in [1.807, 2.05) is 11.9 Å². The Bertz CT molecular complexity index is 372. The fourth-order valence-corrected chi connectivity index (χ4v) is 3.27. The summed E-state index contributed by atoms with van der Waals surface area (Å²) in [6.45, 7) is 4.15. The fourth-order valence-electron chi connectivity index (χ4n) is 3.27. The number of aliphatic carboxylic acids is 1. The maximum Gasteiger partial charge on any atom is 0.319 e. The van der Waals surface area contributed by atoms with Gasteiger partial charge in [-0.05, 0) is 51.7 Å². The number of hydrogen-bond donors (Lipinski definition) is 1. The molecule has 0 aromatic heterocycles. The third kappa shape index (κ3) is 4.33. The molecule has 6 nitrogen and oxygen atoms in total. The molecule has 0 radical (unpaired) electrons. The molecule has 21 heavy (non-hydrogen) atoms. The highest BCUT2D eigenvalue weighted by Crippen LogP contribution is 2.20. The van der Waals surface area contributed by atoms with E-state index in [4.69, 9.17) is 5.11 Å². The van der Waals surface area contributed by atoms with Crippen LogP contribution in [0.25, 0.3) is 0 Å². The van der Waals surface area contributed by atoms with Gasteiger partial charge in [-0.1, -0.05) is 0 Å². The summed E-state index contributed by atoms with van der Waals surface area (Å²) >= 11 is 0. The van der Waals surface area contributed by atoms with Crippen LogP contribution in [0.2, 0.25) is 0 Å². The molecular weight excluding hydrogens is 270 g/mol. The SMILES string of the molecule is CN1CCC(CN(C)C(=O)N2CCC(C(=O)O)CC2)CC1. The summed E-state index contributed by atoms with van der Waals surface area (Å²) in [4.78, 5) is 29.3. The van der Waals surface area contributed by atoms with Crippen molar-refractivity contribution in [3.05, 3.63) is 0 Å². The molecule has 2 rings (SSSR count).